The van der Waals surface area contributed by atoms with Crippen LogP contribution in [0.2, 0.25) is 5.02 Å². The Balaban J connectivity index is 1.56. The number of H-pyrrole nitrogens is 1. The topological polar surface area (TPSA) is 88.3 Å². The average Bonchev–Trinajstić information content (AvgIpc) is 3.24. The van der Waals surface area contributed by atoms with E-state index >= 15 is 0 Å². The van der Waals surface area contributed by atoms with Crippen LogP contribution in [0.1, 0.15) is 17.0 Å². The number of carbonyl (C=O) groups excluding carboxylic acids is 1. The first-order valence-corrected chi connectivity index (χ1v) is 12.4. The van der Waals surface area contributed by atoms with Gasteiger partial charge in [-0.3, -0.25) is 4.79 Å². The van der Waals surface area contributed by atoms with Crippen molar-refractivity contribution in [1.29, 1.82) is 0 Å². The maximum atomic E-state index is 12.6. The molecule has 4 rings (SSSR count). The van der Waals surface area contributed by atoms with E-state index < -0.39 is 21.5 Å². The number of carbonyl (C=O) groups is 1. The van der Waals surface area contributed by atoms with Crippen LogP contribution in [0, 0.1) is 0 Å². The number of fused-ring (bicyclic) bond motifs is 1. The van der Waals surface area contributed by atoms with Crippen molar-refractivity contribution in [2.75, 3.05) is 19.4 Å². The lowest BCUT2D eigenvalue weighted by Crippen LogP contribution is -2.33. The molecule has 0 bridgehead atoms. The van der Waals surface area contributed by atoms with Crippen molar-refractivity contribution in [3.05, 3.63) is 95.1 Å². The van der Waals surface area contributed by atoms with Gasteiger partial charge in [-0.2, -0.15) is 0 Å². The predicted octanol–water partition coefficient (Wildman–Crippen LogP) is 4.55. The molecule has 1 unspecified atom stereocenters. The van der Waals surface area contributed by atoms with Gasteiger partial charge in [0.2, 0.25) is 5.91 Å². The van der Waals surface area contributed by atoms with Crippen LogP contribution in [0.5, 0.6) is 5.75 Å². The van der Waals surface area contributed by atoms with Crippen molar-refractivity contribution < 1.29 is 17.9 Å². The van der Waals surface area contributed by atoms with Gasteiger partial charge < -0.3 is 15.0 Å². The van der Waals surface area contributed by atoms with Gasteiger partial charge in [0.05, 0.1) is 12.0 Å². The number of hydrogen-bond donors (Lipinski definition) is 2. The molecule has 4 aromatic rings. The molecular weight excluding hydrogens is 460 g/mol. The maximum Gasteiger partial charge on any atom is 0.235 e. The molecule has 1 atom stereocenters. The summed E-state index contributed by atoms with van der Waals surface area (Å²) in [5.41, 5.74) is 2.97. The van der Waals surface area contributed by atoms with Crippen LogP contribution in [0.25, 0.3) is 10.9 Å². The van der Waals surface area contributed by atoms with E-state index in [9.17, 15) is 13.2 Å². The normalized spacial score (nSPS) is 12.4. The lowest BCUT2D eigenvalue weighted by atomic mass is 9.91. The summed E-state index contributed by atoms with van der Waals surface area (Å²) in [5, 5.41) is 4.28. The molecule has 0 saturated heterocycles. The Morgan fingerprint density at radius 1 is 1.03 bits per heavy atom. The lowest BCUT2D eigenvalue weighted by Gasteiger charge is -2.19. The van der Waals surface area contributed by atoms with Crippen LogP contribution in [0.3, 0.4) is 0 Å². The lowest BCUT2D eigenvalue weighted by molar-refractivity contribution is -0.118. The van der Waals surface area contributed by atoms with E-state index in [0.29, 0.717) is 5.02 Å². The van der Waals surface area contributed by atoms with Gasteiger partial charge >= 0.3 is 0 Å². The van der Waals surface area contributed by atoms with Crippen molar-refractivity contribution >= 4 is 38.2 Å². The fourth-order valence-corrected chi connectivity index (χ4v) is 5.08. The van der Waals surface area contributed by atoms with Crippen molar-refractivity contribution in [2.24, 2.45) is 0 Å². The molecule has 0 saturated carbocycles. The molecule has 2 N–H and O–H groups in total. The molecule has 0 radical (unpaired) electrons. The Labute approximate surface area is 197 Å². The number of aromatic amines is 1. The predicted molar refractivity (Wildman–Crippen MR) is 130 cm³/mol. The second-order valence-electron chi connectivity index (χ2n) is 7.63. The summed E-state index contributed by atoms with van der Waals surface area (Å²) in [4.78, 5) is 16.0. The number of ether oxygens (including phenoxy) is 1. The number of aromatic nitrogens is 1. The Hall–Kier alpha value is -3.29. The van der Waals surface area contributed by atoms with Gasteiger partial charge in [0, 0.05) is 34.6 Å². The van der Waals surface area contributed by atoms with E-state index in [1.165, 1.54) is 24.3 Å². The fraction of sp³-hybridized carbons (Fsp3) is 0.160. The van der Waals surface area contributed by atoms with Crippen molar-refractivity contribution in [2.45, 2.75) is 10.8 Å². The number of methoxy groups -OCH3 is 1. The fourth-order valence-electron chi connectivity index (χ4n) is 3.79. The summed E-state index contributed by atoms with van der Waals surface area (Å²) in [6, 6.07) is 21.3. The zero-order valence-corrected chi connectivity index (χ0v) is 19.5. The Kier molecular flexibility index (Phi) is 6.72. The Bertz CT molecular complexity index is 1360. The number of nitrogens with one attached hydrogen (secondary N) is 2. The number of amides is 1. The summed E-state index contributed by atoms with van der Waals surface area (Å²) >= 11 is 5.84. The zero-order chi connectivity index (χ0) is 23.4. The zero-order valence-electron chi connectivity index (χ0n) is 17.9. The van der Waals surface area contributed by atoms with Gasteiger partial charge in [0.15, 0.2) is 9.84 Å². The van der Waals surface area contributed by atoms with E-state index in [4.69, 9.17) is 16.3 Å². The molecule has 0 aliphatic rings. The number of halogens is 1. The third-order valence-electron chi connectivity index (χ3n) is 5.51. The molecule has 0 aliphatic heterocycles. The molecule has 170 valence electrons. The van der Waals surface area contributed by atoms with Crippen LogP contribution in [-0.2, 0) is 14.6 Å². The number of para-hydroxylation sites is 1. The van der Waals surface area contributed by atoms with Gasteiger partial charge in [0.25, 0.3) is 0 Å². The Morgan fingerprint density at radius 3 is 2.42 bits per heavy atom. The minimum absolute atomic E-state index is 0.0605. The first kappa shape index (κ1) is 22.9. The highest BCUT2D eigenvalue weighted by Gasteiger charge is 2.23. The monoisotopic (exact) mass is 482 g/mol. The van der Waals surface area contributed by atoms with Crippen LogP contribution < -0.4 is 10.1 Å². The molecule has 1 amide bonds. The SMILES string of the molecule is COc1ccc(C(CNC(=O)CS(=O)(=O)c2ccc(Cl)cc2)c2c[nH]c3ccccc23)cc1. The first-order chi connectivity index (χ1) is 15.9. The van der Waals surface area contributed by atoms with E-state index in [1.807, 2.05) is 54.7 Å². The molecule has 33 heavy (non-hydrogen) atoms. The minimum Gasteiger partial charge on any atom is -0.497 e. The van der Waals surface area contributed by atoms with E-state index in [-0.39, 0.29) is 17.4 Å². The van der Waals surface area contributed by atoms with E-state index in [0.717, 1.165) is 27.8 Å². The van der Waals surface area contributed by atoms with Crippen molar-refractivity contribution in [3.63, 3.8) is 0 Å². The second-order valence-corrected chi connectivity index (χ2v) is 10.1. The molecule has 3 aromatic carbocycles. The highest BCUT2D eigenvalue weighted by molar-refractivity contribution is 7.92. The number of sulfone groups is 1. The quantitative estimate of drug-likeness (QED) is 0.385. The van der Waals surface area contributed by atoms with Gasteiger partial charge in [-0.25, -0.2) is 8.42 Å². The van der Waals surface area contributed by atoms with Gasteiger partial charge in [-0.05, 0) is 53.6 Å². The van der Waals surface area contributed by atoms with Crippen molar-refractivity contribution in [3.8, 4) is 5.75 Å². The summed E-state index contributed by atoms with van der Waals surface area (Å²) < 4.78 is 30.5. The van der Waals surface area contributed by atoms with E-state index in [2.05, 4.69) is 10.3 Å². The summed E-state index contributed by atoms with van der Waals surface area (Å²) in [6.07, 6.45) is 1.93. The van der Waals surface area contributed by atoms with Gasteiger partial charge in [0.1, 0.15) is 11.5 Å². The highest BCUT2D eigenvalue weighted by Crippen LogP contribution is 2.31. The standard InChI is InChI=1S/C25H23ClN2O4S/c1-32-19-10-6-17(7-11-19)22(23-15-27-24-5-3-2-4-21(23)24)14-28-25(29)16-33(30,31)20-12-8-18(26)9-13-20/h2-13,15,22,27H,14,16H2,1H3,(H,28,29). The third-order valence-corrected chi connectivity index (χ3v) is 7.40. The van der Waals surface area contributed by atoms with Gasteiger partial charge in [-0.1, -0.05) is 41.9 Å². The number of rotatable bonds is 8. The van der Waals surface area contributed by atoms with E-state index in [1.54, 1.807) is 7.11 Å². The molecule has 8 heteroatoms. The summed E-state index contributed by atoms with van der Waals surface area (Å²) in [5.74, 6) is -0.662. The van der Waals surface area contributed by atoms with Crippen LogP contribution in [0.15, 0.2) is 83.9 Å². The van der Waals surface area contributed by atoms with Crippen LogP contribution >= 0.6 is 11.6 Å². The first-order valence-electron chi connectivity index (χ1n) is 10.3. The summed E-state index contributed by atoms with van der Waals surface area (Å²) in [7, 11) is -2.18. The number of benzene rings is 3. The minimum atomic E-state index is -3.78. The Morgan fingerprint density at radius 2 is 1.73 bits per heavy atom. The number of hydrogen-bond acceptors (Lipinski definition) is 4. The molecule has 6 nitrogen and oxygen atoms in total. The molecule has 0 fully saturated rings. The van der Waals surface area contributed by atoms with Crippen molar-refractivity contribution in [1.82, 2.24) is 10.3 Å². The molecule has 0 aliphatic carbocycles. The average molecular weight is 483 g/mol. The van der Waals surface area contributed by atoms with Gasteiger partial charge in [-0.15, -0.1) is 0 Å². The highest BCUT2D eigenvalue weighted by atomic mass is 35.5. The smallest absolute Gasteiger partial charge is 0.235 e. The largest absolute Gasteiger partial charge is 0.497 e. The summed E-state index contributed by atoms with van der Waals surface area (Å²) in [6.45, 7) is 0.239. The van der Waals surface area contributed by atoms with Crippen LogP contribution in [-0.4, -0.2) is 38.7 Å². The molecule has 1 heterocycles. The van der Waals surface area contributed by atoms with Crippen LogP contribution in [0.4, 0.5) is 0 Å². The molecule has 0 spiro atoms. The maximum absolute atomic E-state index is 12.6. The second kappa shape index (κ2) is 9.68. The third kappa shape index (κ3) is 5.21. The molecular formula is C25H23ClN2O4S. The molecule has 1 aromatic heterocycles.